The van der Waals surface area contributed by atoms with Crippen molar-refractivity contribution in [2.24, 2.45) is 13.0 Å². The van der Waals surface area contributed by atoms with Crippen LogP contribution in [0.4, 0.5) is 11.4 Å². The van der Waals surface area contributed by atoms with Crippen molar-refractivity contribution in [3.63, 3.8) is 0 Å². The van der Waals surface area contributed by atoms with Crippen LogP contribution in [0.2, 0.25) is 0 Å². The lowest BCUT2D eigenvalue weighted by atomic mass is 10.1. The zero-order chi connectivity index (χ0) is 22.0. The van der Waals surface area contributed by atoms with Crippen LogP contribution in [0.3, 0.4) is 0 Å². The Morgan fingerprint density at radius 1 is 1.27 bits per heavy atom. The van der Waals surface area contributed by atoms with Crippen LogP contribution in [0.15, 0.2) is 24.3 Å². The molecule has 0 radical (unpaired) electrons. The number of carbonyl (C=O) groups excluding carboxylic acids is 3. The Balaban J connectivity index is 1.63. The van der Waals surface area contributed by atoms with Crippen LogP contribution in [0, 0.1) is 19.8 Å². The van der Waals surface area contributed by atoms with Crippen LogP contribution in [0.1, 0.15) is 24.7 Å². The van der Waals surface area contributed by atoms with Crippen molar-refractivity contribution in [2.75, 3.05) is 23.9 Å². The molecule has 1 aromatic heterocycles. The molecule has 2 atom stereocenters. The lowest BCUT2D eigenvalue weighted by Crippen LogP contribution is -2.33. The number of ether oxygens (including phenoxy) is 2. The normalized spacial score (nSPS) is 17.0. The number of methoxy groups -OCH3 is 1. The fraction of sp³-hybridized carbons (Fsp3) is 0.429. The summed E-state index contributed by atoms with van der Waals surface area (Å²) in [6.45, 7) is 5.30. The Kier molecular flexibility index (Phi) is 6.09. The second-order valence-corrected chi connectivity index (χ2v) is 7.32. The molecule has 1 N–H and O–H groups in total. The molecule has 2 aromatic rings. The van der Waals surface area contributed by atoms with E-state index in [2.05, 4.69) is 10.4 Å². The van der Waals surface area contributed by atoms with Crippen LogP contribution in [-0.4, -0.2) is 47.3 Å². The van der Waals surface area contributed by atoms with Gasteiger partial charge < -0.3 is 19.7 Å². The Bertz CT molecular complexity index is 984. The van der Waals surface area contributed by atoms with E-state index in [1.165, 1.54) is 18.9 Å². The largest absolute Gasteiger partial charge is 0.495 e. The van der Waals surface area contributed by atoms with E-state index < -0.39 is 23.9 Å². The van der Waals surface area contributed by atoms with Crippen LogP contribution in [0.25, 0.3) is 0 Å². The fourth-order valence-corrected chi connectivity index (χ4v) is 3.45. The van der Waals surface area contributed by atoms with Gasteiger partial charge in [-0.2, -0.15) is 5.10 Å². The molecule has 3 rings (SSSR count). The number of amides is 2. The standard InChI is InChI=1S/C21H26N4O5/c1-12-19(13(2)24(4)23-12)22-20(27)14(3)30-21(28)15-10-18(26)25(11-15)16-8-6-7-9-17(16)29-5/h6-9,14-15H,10-11H2,1-5H3,(H,22,27)/t14-,15-/m0/s1. The summed E-state index contributed by atoms with van der Waals surface area (Å²) in [6.07, 6.45) is -0.988. The van der Waals surface area contributed by atoms with Crippen molar-refractivity contribution in [1.29, 1.82) is 0 Å². The molecule has 2 heterocycles. The number of hydrogen-bond donors (Lipinski definition) is 1. The lowest BCUT2D eigenvalue weighted by Gasteiger charge is -2.20. The minimum absolute atomic E-state index is 0.0199. The molecule has 0 saturated carbocycles. The molecule has 2 amide bonds. The third-order valence-electron chi connectivity index (χ3n) is 5.25. The number of nitrogens with one attached hydrogen (secondary N) is 1. The molecule has 9 heteroatoms. The summed E-state index contributed by atoms with van der Waals surface area (Å²) in [4.78, 5) is 39.1. The highest BCUT2D eigenvalue weighted by Crippen LogP contribution is 2.33. The van der Waals surface area contributed by atoms with Gasteiger partial charge in [-0.3, -0.25) is 19.1 Å². The van der Waals surface area contributed by atoms with Gasteiger partial charge in [-0.25, -0.2) is 0 Å². The number of aromatic nitrogens is 2. The van der Waals surface area contributed by atoms with E-state index in [9.17, 15) is 14.4 Å². The number of nitrogens with zero attached hydrogens (tertiary/aromatic N) is 3. The zero-order valence-corrected chi connectivity index (χ0v) is 17.8. The predicted octanol–water partition coefficient (Wildman–Crippen LogP) is 1.97. The molecule has 160 valence electrons. The minimum Gasteiger partial charge on any atom is -0.495 e. The van der Waals surface area contributed by atoms with E-state index >= 15 is 0 Å². The SMILES string of the molecule is COc1ccccc1N1C[C@@H](C(=O)O[C@@H](C)C(=O)Nc2c(C)nn(C)c2C)CC1=O. The van der Waals surface area contributed by atoms with Crippen molar-refractivity contribution in [3.8, 4) is 5.75 Å². The second kappa shape index (κ2) is 8.56. The third kappa shape index (κ3) is 4.14. The van der Waals surface area contributed by atoms with Crippen molar-refractivity contribution < 1.29 is 23.9 Å². The third-order valence-corrected chi connectivity index (χ3v) is 5.25. The van der Waals surface area contributed by atoms with E-state index in [-0.39, 0.29) is 18.9 Å². The quantitative estimate of drug-likeness (QED) is 0.725. The molecular formula is C21H26N4O5. The maximum atomic E-state index is 12.6. The number of hydrogen-bond acceptors (Lipinski definition) is 6. The highest BCUT2D eigenvalue weighted by atomic mass is 16.5. The number of carbonyl (C=O) groups is 3. The number of esters is 1. The minimum atomic E-state index is -1.01. The van der Waals surface area contributed by atoms with Crippen molar-refractivity contribution >= 4 is 29.2 Å². The number of para-hydroxylation sites is 2. The summed E-state index contributed by atoms with van der Waals surface area (Å²) < 4.78 is 12.3. The summed E-state index contributed by atoms with van der Waals surface area (Å²) in [5.41, 5.74) is 2.68. The lowest BCUT2D eigenvalue weighted by molar-refractivity contribution is -0.157. The number of benzene rings is 1. The smallest absolute Gasteiger partial charge is 0.312 e. The van der Waals surface area contributed by atoms with Crippen molar-refractivity contribution in [3.05, 3.63) is 35.7 Å². The van der Waals surface area contributed by atoms with Crippen molar-refractivity contribution in [2.45, 2.75) is 33.3 Å². The van der Waals surface area contributed by atoms with E-state index in [0.29, 0.717) is 22.8 Å². The summed E-state index contributed by atoms with van der Waals surface area (Å²) in [5, 5.41) is 7.01. The molecular weight excluding hydrogens is 388 g/mol. The molecule has 1 fully saturated rings. The first-order valence-electron chi connectivity index (χ1n) is 9.67. The first-order valence-corrected chi connectivity index (χ1v) is 9.67. The van der Waals surface area contributed by atoms with Crippen LogP contribution < -0.4 is 15.0 Å². The van der Waals surface area contributed by atoms with E-state index in [1.807, 2.05) is 6.92 Å². The van der Waals surface area contributed by atoms with Gasteiger partial charge in [0.2, 0.25) is 5.91 Å². The average molecular weight is 414 g/mol. The molecule has 0 unspecified atom stereocenters. The molecule has 0 bridgehead atoms. The summed E-state index contributed by atoms with van der Waals surface area (Å²) in [7, 11) is 3.31. The number of anilines is 2. The van der Waals surface area contributed by atoms with Gasteiger partial charge in [-0.1, -0.05) is 12.1 Å². The average Bonchev–Trinajstić information content (AvgIpc) is 3.22. The second-order valence-electron chi connectivity index (χ2n) is 7.32. The number of rotatable bonds is 6. The van der Waals surface area contributed by atoms with E-state index in [4.69, 9.17) is 9.47 Å². The van der Waals surface area contributed by atoms with Gasteiger partial charge in [0.05, 0.1) is 35.8 Å². The van der Waals surface area contributed by atoms with E-state index in [0.717, 1.165) is 5.69 Å². The van der Waals surface area contributed by atoms with Crippen molar-refractivity contribution in [1.82, 2.24) is 9.78 Å². The Labute approximate surface area is 174 Å². The molecule has 30 heavy (non-hydrogen) atoms. The molecule has 0 spiro atoms. The molecule has 0 aliphatic carbocycles. The van der Waals surface area contributed by atoms with Gasteiger partial charge in [0.15, 0.2) is 6.10 Å². The highest BCUT2D eigenvalue weighted by Gasteiger charge is 2.38. The monoisotopic (exact) mass is 414 g/mol. The maximum Gasteiger partial charge on any atom is 0.312 e. The van der Waals surface area contributed by atoms with Crippen LogP contribution in [-0.2, 0) is 26.2 Å². The molecule has 1 aliphatic heterocycles. The zero-order valence-electron chi connectivity index (χ0n) is 17.8. The highest BCUT2D eigenvalue weighted by molar-refractivity contribution is 6.01. The van der Waals surface area contributed by atoms with Gasteiger partial charge in [0.25, 0.3) is 5.91 Å². The Morgan fingerprint density at radius 2 is 1.97 bits per heavy atom. The van der Waals surface area contributed by atoms with Crippen LogP contribution in [0.5, 0.6) is 5.75 Å². The van der Waals surface area contributed by atoms with Gasteiger partial charge in [0, 0.05) is 20.0 Å². The first-order chi connectivity index (χ1) is 14.2. The molecule has 1 aliphatic rings. The van der Waals surface area contributed by atoms with Gasteiger partial charge >= 0.3 is 5.97 Å². The summed E-state index contributed by atoms with van der Waals surface area (Å²) >= 11 is 0. The summed E-state index contributed by atoms with van der Waals surface area (Å²) in [6, 6.07) is 7.12. The molecule has 9 nitrogen and oxygen atoms in total. The summed E-state index contributed by atoms with van der Waals surface area (Å²) in [5.74, 6) is -1.33. The van der Waals surface area contributed by atoms with Gasteiger partial charge in [-0.15, -0.1) is 0 Å². The van der Waals surface area contributed by atoms with Gasteiger partial charge in [-0.05, 0) is 32.9 Å². The van der Waals surface area contributed by atoms with E-state index in [1.54, 1.807) is 42.9 Å². The Morgan fingerprint density at radius 3 is 2.60 bits per heavy atom. The maximum absolute atomic E-state index is 12.6. The molecule has 1 aromatic carbocycles. The fourth-order valence-electron chi connectivity index (χ4n) is 3.45. The predicted molar refractivity (Wildman–Crippen MR) is 110 cm³/mol. The first kappa shape index (κ1) is 21.4. The topological polar surface area (TPSA) is 103 Å². The van der Waals surface area contributed by atoms with Gasteiger partial charge in [0.1, 0.15) is 5.75 Å². The number of aryl methyl sites for hydroxylation is 2. The Hall–Kier alpha value is -3.36. The molecule has 1 saturated heterocycles. The van der Waals surface area contributed by atoms with Crippen LogP contribution >= 0.6 is 0 Å².